The normalized spacial score (nSPS) is 10.2. The largest absolute Gasteiger partial charge is 0.497 e. The molecule has 0 spiro atoms. The van der Waals surface area contributed by atoms with Crippen LogP contribution in [0.3, 0.4) is 0 Å². The van der Waals surface area contributed by atoms with Gasteiger partial charge in [0.2, 0.25) is 0 Å². The number of anilines is 1. The Morgan fingerprint density at radius 2 is 1.54 bits per heavy atom. The molecule has 126 valence electrons. The second-order valence-electron chi connectivity index (χ2n) is 4.67. The Morgan fingerprint density at radius 1 is 0.958 bits per heavy atom. The van der Waals surface area contributed by atoms with Crippen LogP contribution in [-0.2, 0) is 0 Å². The molecule has 0 saturated carbocycles. The number of nitrogens with one attached hydrogen (secondary N) is 1. The summed E-state index contributed by atoms with van der Waals surface area (Å²) in [6, 6.07) is 7.10. The Kier molecular flexibility index (Phi) is 5.54. The number of aromatic carboxylic acids is 1. The average molecular weight is 370 g/mol. The number of carbonyl (C=O) groups excluding carboxylic acids is 1. The van der Waals surface area contributed by atoms with Crippen molar-refractivity contribution in [3.05, 3.63) is 51.5 Å². The standard InChI is InChI=1S/C16H13Cl2NO5/c1-23-9-3-8(4-10(5-9)24-2)15(20)19-14-6-11(16(21)22)12(17)7-13(14)18/h3-7H,1-2H3,(H,19,20)(H,21,22). The van der Waals surface area contributed by atoms with Crippen molar-refractivity contribution >= 4 is 40.8 Å². The summed E-state index contributed by atoms with van der Waals surface area (Å²) < 4.78 is 10.2. The molecule has 24 heavy (non-hydrogen) atoms. The highest BCUT2D eigenvalue weighted by atomic mass is 35.5. The minimum absolute atomic E-state index is 0.0199. The van der Waals surface area contributed by atoms with E-state index in [9.17, 15) is 9.59 Å². The number of carbonyl (C=O) groups is 2. The lowest BCUT2D eigenvalue weighted by Gasteiger charge is -2.11. The van der Waals surface area contributed by atoms with Gasteiger partial charge in [-0.2, -0.15) is 0 Å². The van der Waals surface area contributed by atoms with Crippen LogP contribution in [0.1, 0.15) is 20.7 Å². The summed E-state index contributed by atoms with van der Waals surface area (Å²) in [4.78, 5) is 23.5. The zero-order valence-corrected chi connectivity index (χ0v) is 14.2. The molecule has 0 aliphatic carbocycles. The van der Waals surface area contributed by atoms with Gasteiger partial charge in [-0.3, -0.25) is 4.79 Å². The Bertz CT molecular complexity index is 785. The number of carboxylic acids is 1. The van der Waals surface area contributed by atoms with Crippen molar-refractivity contribution in [2.24, 2.45) is 0 Å². The molecule has 2 aromatic rings. The summed E-state index contributed by atoms with van der Waals surface area (Å²) in [6.07, 6.45) is 0. The molecular formula is C16H13Cl2NO5. The zero-order valence-electron chi connectivity index (χ0n) is 12.7. The molecule has 0 atom stereocenters. The molecule has 0 unspecified atom stereocenters. The molecule has 2 rings (SSSR count). The van der Waals surface area contributed by atoms with Crippen molar-refractivity contribution in [1.82, 2.24) is 0 Å². The van der Waals surface area contributed by atoms with Crippen LogP contribution in [0.15, 0.2) is 30.3 Å². The van der Waals surface area contributed by atoms with Crippen LogP contribution in [-0.4, -0.2) is 31.2 Å². The molecule has 2 N–H and O–H groups in total. The molecule has 0 bridgehead atoms. The Balaban J connectivity index is 2.36. The third-order valence-electron chi connectivity index (χ3n) is 3.15. The number of methoxy groups -OCH3 is 2. The van der Waals surface area contributed by atoms with Gasteiger partial charge in [0.05, 0.1) is 35.5 Å². The highest BCUT2D eigenvalue weighted by Gasteiger charge is 2.16. The van der Waals surface area contributed by atoms with Crippen LogP contribution in [0.2, 0.25) is 10.0 Å². The fourth-order valence-corrected chi connectivity index (χ4v) is 2.45. The van der Waals surface area contributed by atoms with Crippen LogP contribution < -0.4 is 14.8 Å². The van der Waals surface area contributed by atoms with Gasteiger partial charge in [-0.25, -0.2) is 4.79 Å². The van der Waals surface area contributed by atoms with Crippen LogP contribution in [0.25, 0.3) is 0 Å². The Morgan fingerprint density at radius 3 is 2.04 bits per heavy atom. The summed E-state index contributed by atoms with van der Waals surface area (Å²) in [6.45, 7) is 0. The topological polar surface area (TPSA) is 84.9 Å². The van der Waals surface area contributed by atoms with Crippen molar-refractivity contribution < 1.29 is 24.2 Å². The number of carboxylic acid groups (broad SMARTS) is 1. The zero-order chi connectivity index (χ0) is 17.9. The van der Waals surface area contributed by atoms with Gasteiger partial charge in [-0.15, -0.1) is 0 Å². The second kappa shape index (κ2) is 7.42. The molecule has 6 nitrogen and oxygen atoms in total. The fourth-order valence-electron chi connectivity index (χ4n) is 1.94. The Hall–Kier alpha value is -2.44. The average Bonchev–Trinajstić information content (AvgIpc) is 2.56. The van der Waals surface area contributed by atoms with E-state index in [-0.39, 0.29) is 26.9 Å². The maximum absolute atomic E-state index is 12.4. The van der Waals surface area contributed by atoms with Crippen LogP contribution in [0, 0.1) is 0 Å². The Labute approximate surface area is 147 Å². The van der Waals surface area contributed by atoms with Crippen LogP contribution in [0.5, 0.6) is 11.5 Å². The van der Waals surface area contributed by atoms with E-state index in [1.165, 1.54) is 38.5 Å². The van der Waals surface area contributed by atoms with E-state index in [4.69, 9.17) is 37.8 Å². The van der Waals surface area contributed by atoms with Gasteiger partial charge < -0.3 is 19.9 Å². The molecule has 1 amide bonds. The maximum atomic E-state index is 12.4. The number of ether oxygens (including phenoxy) is 2. The predicted octanol–water partition coefficient (Wildman–Crippen LogP) is 3.96. The van der Waals surface area contributed by atoms with E-state index in [2.05, 4.69) is 5.32 Å². The van der Waals surface area contributed by atoms with E-state index in [1.54, 1.807) is 6.07 Å². The van der Waals surface area contributed by atoms with Crippen molar-refractivity contribution in [3.63, 3.8) is 0 Å². The lowest BCUT2D eigenvalue weighted by Crippen LogP contribution is -2.13. The summed E-state index contributed by atoms with van der Waals surface area (Å²) in [5, 5.41) is 11.7. The molecule has 0 radical (unpaired) electrons. The summed E-state index contributed by atoms with van der Waals surface area (Å²) in [7, 11) is 2.93. The van der Waals surface area contributed by atoms with Crippen molar-refractivity contribution in [1.29, 1.82) is 0 Å². The van der Waals surface area contributed by atoms with Gasteiger partial charge in [-0.05, 0) is 24.3 Å². The molecule has 0 saturated heterocycles. The molecule has 0 aromatic heterocycles. The molecular weight excluding hydrogens is 357 g/mol. The molecule has 0 fully saturated rings. The van der Waals surface area contributed by atoms with Gasteiger partial charge in [0.15, 0.2) is 0 Å². The van der Waals surface area contributed by atoms with Crippen molar-refractivity contribution in [2.75, 3.05) is 19.5 Å². The summed E-state index contributed by atoms with van der Waals surface area (Å²) in [5.74, 6) is -0.858. The first-order valence-corrected chi connectivity index (χ1v) is 7.38. The lowest BCUT2D eigenvalue weighted by atomic mass is 10.1. The minimum atomic E-state index is -1.23. The quantitative estimate of drug-likeness (QED) is 0.832. The monoisotopic (exact) mass is 369 g/mol. The SMILES string of the molecule is COc1cc(OC)cc(C(=O)Nc2cc(C(=O)O)c(Cl)cc2Cl)c1. The molecule has 8 heteroatoms. The lowest BCUT2D eigenvalue weighted by molar-refractivity contribution is 0.0696. The molecule has 0 aliphatic rings. The number of hydrogen-bond donors (Lipinski definition) is 2. The van der Waals surface area contributed by atoms with Crippen LogP contribution >= 0.6 is 23.2 Å². The number of rotatable bonds is 5. The van der Waals surface area contributed by atoms with E-state index < -0.39 is 11.9 Å². The van der Waals surface area contributed by atoms with E-state index in [0.29, 0.717) is 11.5 Å². The first-order chi connectivity index (χ1) is 11.3. The summed E-state index contributed by atoms with van der Waals surface area (Å²) >= 11 is 11.8. The van der Waals surface area contributed by atoms with E-state index >= 15 is 0 Å². The van der Waals surface area contributed by atoms with Gasteiger partial charge >= 0.3 is 5.97 Å². The van der Waals surface area contributed by atoms with Crippen molar-refractivity contribution in [3.8, 4) is 11.5 Å². The van der Waals surface area contributed by atoms with Gasteiger partial charge in [-0.1, -0.05) is 23.2 Å². The maximum Gasteiger partial charge on any atom is 0.337 e. The van der Waals surface area contributed by atoms with Crippen molar-refractivity contribution in [2.45, 2.75) is 0 Å². The van der Waals surface area contributed by atoms with Crippen LogP contribution in [0.4, 0.5) is 5.69 Å². The second-order valence-corrected chi connectivity index (χ2v) is 5.49. The first-order valence-electron chi connectivity index (χ1n) is 6.62. The first kappa shape index (κ1) is 17.9. The van der Waals surface area contributed by atoms with Gasteiger partial charge in [0.25, 0.3) is 5.91 Å². The highest BCUT2D eigenvalue weighted by molar-refractivity contribution is 6.38. The minimum Gasteiger partial charge on any atom is -0.497 e. The summed E-state index contributed by atoms with van der Waals surface area (Å²) in [5.41, 5.74) is 0.221. The number of benzene rings is 2. The van der Waals surface area contributed by atoms with Gasteiger partial charge in [0.1, 0.15) is 11.5 Å². The third kappa shape index (κ3) is 3.90. The van der Waals surface area contributed by atoms with E-state index in [1.807, 2.05) is 0 Å². The number of hydrogen-bond acceptors (Lipinski definition) is 4. The van der Waals surface area contributed by atoms with E-state index in [0.717, 1.165) is 0 Å². The fraction of sp³-hybridized carbons (Fsp3) is 0.125. The molecule has 2 aromatic carbocycles. The molecule has 0 heterocycles. The molecule has 0 aliphatic heterocycles. The predicted molar refractivity (Wildman–Crippen MR) is 90.9 cm³/mol. The number of amides is 1. The number of halogens is 2. The highest BCUT2D eigenvalue weighted by Crippen LogP contribution is 2.30. The smallest absolute Gasteiger partial charge is 0.337 e. The third-order valence-corrected chi connectivity index (χ3v) is 3.77. The van der Waals surface area contributed by atoms with Gasteiger partial charge in [0, 0.05) is 11.6 Å².